The number of aliphatic imine (C=N–C) groups is 1. The van der Waals surface area contributed by atoms with Gasteiger partial charge in [-0.05, 0) is 31.5 Å². The highest BCUT2D eigenvalue weighted by Gasteiger charge is 2.48. The molecule has 2 aromatic carbocycles. The minimum absolute atomic E-state index is 0.0347. The van der Waals surface area contributed by atoms with Crippen LogP contribution in [-0.2, 0) is 18.6 Å². The molecule has 45 heavy (non-hydrogen) atoms. The second-order valence-electron chi connectivity index (χ2n) is 13.7. The van der Waals surface area contributed by atoms with E-state index in [1.165, 1.54) is 38.5 Å². The molecule has 1 N–H and O–H groups in total. The number of aliphatic hydroxyl groups excluding tert-OH is 1. The first-order chi connectivity index (χ1) is 21.6. The minimum atomic E-state index is -2.09. The Morgan fingerprint density at radius 1 is 0.889 bits per heavy atom. The SMILES string of the molecule is CC=CO[C@H]1O[C@H](CO[Si](C)(C)C(C)(C)C)C(O)[C@H](OCCCCCCCCCC)[C@H]1N=C(c1ccccc1)c1ccccc1. The zero-order valence-corrected chi connectivity index (χ0v) is 29.9. The maximum absolute atomic E-state index is 11.9. The van der Waals surface area contributed by atoms with Gasteiger partial charge >= 0.3 is 0 Å². The van der Waals surface area contributed by atoms with Crippen molar-refractivity contribution in [3.05, 3.63) is 84.1 Å². The van der Waals surface area contributed by atoms with Crippen LogP contribution < -0.4 is 0 Å². The molecule has 0 saturated carbocycles. The summed E-state index contributed by atoms with van der Waals surface area (Å²) in [4.78, 5) is 5.30. The largest absolute Gasteiger partial charge is 0.470 e. The van der Waals surface area contributed by atoms with Crippen LogP contribution in [0.4, 0.5) is 0 Å². The fourth-order valence-corrected chi connectivity index (χ4v) is 6.27. The molecule has 1 saturated heterocycles. The third kappa shape index (κ3) is 11.5. The van der Waals surface area contributed by atoms with E-state index in [1.807, 2.05) is 49.4 Å². The Kier molecular flexibility index (Phi) is 15.5. The molecule has 0 spiro atoms. The summed E-state index contributed by atoms with van der Waals surface area (Å²) in [7, 11) is -2.09. The van der Waals surface area contributed by atoms with E-state index >= 15 is 0 Å². The summed E-state index contributed by atoms with van der Waals surface area (Å²) in [5.74, 6) is 0. The van der Waals surface area contributed by atoms with Crippen molar-refractivity contribution < 1.29 is 23.7 Å². The molecular formula is C38H59NO5Si. The Labute approximate surface area is 274 Å². The lowest BCUT2D eigenvalue weighted by molar-refractivity contribution is -0.257. The van der Waals surface area contributed by atoms with Crippen molar-refractivity contribution >= 4 is 14.0 Å². The Hall–Kier alpha value is -2.29. The number of benzene rings is 2. The summed E-state index contributed by atoms with van der Waals surface area (Å²) in [6.45, 7) is 16.0. The first-order valence-electron chi connectivity index (χ1n) is 17.1. The number of nitrogens with zero attached hydrogens (tertiary/aromatic N) is 1. The Morgan fingerprint density at radius 3 is 1.98 bits per heavy atom. The van der Waals surface area contributed by atoms with Crippen molar-refractivity contribution in [2.75, 3.05) is 13.2 Å². The molecule has 3 rings (SSSR count). The molecule has 0 bridgehead atoms. The van der Waals surface area contributed by atoms with Crippen LogP contribution in [0.1, 0.15) is 97.1 Å². The molecule has 0 amide bonds. The van der Waals surface area contributed by atoms with Gasteiger partial charge < -0.3 is 23.7 Å². The highest BCUT2D eigenvalue weighted by atomic mass is 28.4. The van der Waals surface area contributed by atoms with Crippen LogP contribution in [0.2, 0.25) is 18.1 Å². The number of hydrogen-bond acceptors (Lipinski definition) is 6. The monoisotopic (exact) mass is 637 g/mol. The van der Waals surface area contributed by atoms with Crippen molar-refractivity contribution in [3.8, 4) is 0 Å². The van der Waals surface area contributed by atoms with E-state index in [4.69, 9.17) is 23.6 Å². The molecule has 1 fully saturated rings. The molecule has 6 nitrogen and oxygen atoms in total. The molecule has 1 aliphatic heterocycles. The number of hydrogen-bond donors (Lipinski definition) is 1. The van der Waals surface area contributed by atoms with Gasteiger partial charge in [0.15, 0.2) is 8.32 Å². The predicted octanol–water partition coefficient (Wildman–Crippen LogP) is 9.08. The second-order valence-corrected chi connectivity index (χ2v) is 18.5. The average Bonchev–Trinajstić information content (AvgIpc) is 3.03. The Balaban J connectivity index is 1.91. The second kappa shape index (κ2) is 18.8. The van der Waals surface area contributed by atoms with Gasteiger partial charge in [0.05, 0.1) is 18.6 Å². The number of ether oxygens (including phenoxy) is 3. The van der Waals surface area contributed by atoms with Crippen molar-refractivity contribution in [2.24, 2.45) is 4.99 Å². The van der Waals surface area contributed by atoms with E-state index in [2.05, 4.69) is 65.1 Å². The van der Waals surface area contributed by atoms with Crippen molar-refractivity contribution in [2.45, 2.75) is 135 Å². The highest BCUT2D eigenvalue weighted by molar-refractivity contribution is 6.74. The van der Waals surface area contributed by atoms with Crippen LogP contribution in [0.5, 0.6) is 0 Å². The van der Waals surface area contributed by atoms with Crippen LogP contribution in [0.15, 0.2) is 78.0 Å². The highest BCUT2D eigenvalue weighted by Crippen LogP contribution is 2.37. The molecule has 5 atom stereocenters. The Morgan fingerprint density at radius 2 is 1.44 bits per heavy atom. The van der Waals surface area contributed by atoms with Crippen LogP contribution in [0, 0.1) is 0 Å². The Bertz CT molecular complexity index is 1110. The molecule has 7 heteroatoms. The smallest absolute Gasteiger partial charge is 0.224 e. The molecule has 0 radical (unpaired) electrons. The van der Waals surface area contributed by atoms with Crippen molar-refractivity contribution in [3.63, 3.8) is 0 Å². The van der Waals surface area contributed by atoms with E-state index < -0.39 is 39.0 Å². The number of allylic oxidation sites excluding steroid dienone is 1. The quantitative estimate of drug-likeness (QED) is 0.0764. The van der Waals surface area contributed by atoms with E-state index in [-0.39, 0.29) is 11.6 Å². The number of unbranched alkanes of at least 4 members (excludes halogenated alkanes) is 7. The van der Waals surface area contributed by atoms with Gasteiger partial charge in [0, 0.05) is 17.7 Å². The lowest BCUT2D eigenvalue weighted by atomic mass is 9.95. The zero-order valence-electron chi connectivity index (χ0n) is 28.9. The maximum Gasteiger partial charge on any atom is 0.224 e. The molecule has 0 aromatic heterocycles. The van der Waals surface area contributed by atoms with Gasteiger partial charge in [0.25, 0.3) is 0 Å². The first kappa shape index (κ1) is 37.2. The summed E-state index contributed by atoms with van der Waals surface area (Å²) >= 11 is 0. The van der Waals surface area contributed by atoms with Gasteiger partial charge in [-0.15, -0.1) is 0 Å². The molecular weight excluding hydrogens is 579 g/mol. The first-order valence-corrected chi connectivity index (χ1v) is 20.0. The summed E-state index contributed by atoms with van der Waals surface area (Å²) in [6.07, 6.45) is 10.2. The summed E-state index contributed by atoms with van der Waals surface area (Å²) < 4.78 is 25.8. The predicted molar refractivity (Wildman–Crippen MR) is 188 cm³/mol. The number of aliphatic hydroxyl groups is 1. The molecule has 1 aliphatic rings. The van der Waals surface area contributed by atoms with Crippen LogP contribution in [0.25, 0.3) is 0 Å². The molecule has 0 aliphatic carbocycles. The maximum atomic E-state index is 11.9. The molecule has 1 heterocycles. The third-order valence-corrected chi connectivity index (χ3v) is 13.6. The minimum Gasteiger partial charge on any atom is -0.470 e. The third-order valence-electron chi connectivity index (χ3n) is 9.09. The lowest BCUT2D eigenvalue weighted by Gasteiger charge is -2.44. The average molecular weight is 638 g/mol. The normalized spacial score (nSPS) is 22.4. The topological polar surface area (TPSA) is 69.5 Å². The number of rotatable bonds is 18. The lowest BCUT2D eigenvalue weighted by Crippen LogP contribution is -2.60. The van der Waals surface area contributed by atoms with Crippen LogP contribution in [-0.4, -0.2) is 63.0 Å². The van der Waals surface area contributed by atoms with Crippen LogP contribution >= 0.6 is 0 Å². The van der Waals surface area contributed by atoms with E-state index in [0.29, 0.717) is 6.61 Å². The van der Waals surface area contributed by atoms with Gasteiger partial charge in [0.1, 0.15) is 24.4 Å². The summed E-state index contributed by atoms with van der Waals surface area (Å²) in [6, 6.07) is 19.7. The molecule has 2 aromatic rings. The molecule has 1 unspecified atom stereocenters. The van der Waals surface area contributed by atoms with Crippen molar-refractivity contribution in [1.29, 1.82) is 0 Å². The summed E-state index contributed by atoms with van der Waals surface area (Å²) in [5.41, 5.74) is 2.77. The van der Waals surface area contributed by atoms with Gasteiger partial charge in [-0.1, -0.05) is 139 Å². The van der Waals surface area contributed by atoms with E-state index in [1.54, 1.807) is 6.26 Å². The van der Waals surface area contributed by atoms with Gasteiger partial charge in [-0.2, -0.15) is 0 Å². The van der Waals surface area contributed by atoms with E-state index in [0.717, 1.165) is 29.7 Å². The van der Waals surface area contributed by atoms with Gasteiger partial charge in [-0.3, -0.25) is 4.99 Å². The standard InChI is InChI=1S/C38H59NO5Si/c1-8-10-11-12-13-14-15-22-28-41-36-34(39-33(30-23-18-16-19-24-30)31-25-20-17-21-26-31)37(42-27-9-2)44-32(35(36)40)29-43-45(6,7)38(3,4)5/h9,16-21,23-27,32,34-37,40H,8,10-15,22,28-29H2,1-7H3/t32-,34-,35?,36-,37+/m1/s1. The molecule has 250 valence electrons. The zero-order chi connectivity index (χ0) is 32.7. The van der Waals surface area contributed by atoms with E-state index in [9.17, 15) is 5.11 Å². The van der Waals surface area contributed by atoms with Gasteiger partial charge in [-0.25, -0.2) is 0 Å². The van der Waals surface area contributed by atoms with Crippen LogP contribution in [0.3, 0.4) is 0 Å². The fourth-order valence-electron chi connectivity index (χ4n) is 5.26. The summed E-state index contributed by atoms with van der Waals surface area (Å²) in [5, 5.41) is 11.9. The fraction of sp³-hybridized carbons (Fsp3) is 0.605. The van der Waals surface area contributed by atoms with Crippen molar-refractivity contribution in [1.82, 2.24) is 0 Å². The van der Waals surface area contributed by atoms with Gasteiger partial charge in [0.2, 0.25) is 6.29 Å².